The normalized spacial score (nSPS) is 19.4. The number of amides is 2. The van der Waals surface area contributed by atoms with E-state index in [0.29, 0.717) is 32.5 Å². The maximum absolute atomic E-state index is 12.5. The highest BCUT2D eigenvalue weighted by molar-refractivity contribution is 5.81. The van der Waals surface area contributed by atoms with Gasteiger partial charge in [0.2, 0.25) is 11.8 Å². The highest BCUT2D eigenvalue weighted by Crippen LogP contribution is 2.33. The molecule has 1 aliphatic heterocycles. The molecule has 2 rings (SSSR count). The van der Waals surface area contributed by atoms with Crippen LogP contribution in [0.2, 0.25) is 0 Å². The Hall–Kier alpha value is -2.37. The highest BCUT2D eigenvalue weighted by atomic mass is 16.4. The molecular formula is C20H28N2O4. The fourth-order valence-corrected chi connectivity index (χ4v) is 3.58. The molecule has 0 bridgehead atoms. The largest absolute Gasteiger partial charge is 0.481 e. The molecule has 2 amide bonds. The lowest BCUT2D eigenvalue weighted by Crippen LogP contribution is -2.32. The molecule has 142 valence electrons. The van der Waals surface area contributed by atoms with E-state index in [0.717, 1.165) is 5.56 Å². The molecule has 1 aromatic rings. The van der Waals surface area contributed by atoms with Crippen LogP contribution in [0.4, 0.5) is 0 Å². The first-order chi connectivity index (χ1) is 12.5. The van der Waals surface area contributed by atoms with Crippen molar-refractivity contribution in [2.75, 3.05) is 26.2 Å². The number of carboxylic acid groups (broad SMARTS) is 1. The second kappa shape index (κ2) is 9.36. The molecule has 0 aliphatic carbocycles. The molecular weight excluding hydrogens is 332 g/mol. The lowest BCUT2D eigenvalue weighted by molar-refractivity contribution is -0.141. The van der Waals surface area contributed by atoms with Crippen LogP contribution in [-0.2, 0) is 14.4 Å². The van der Waals surface area contributed by atoms with E-state index in [2.05, 4.69) is 0 Å². The van der Waals surface area contributed by atoms with E-state index in [1.54, 1.807) is 9.80 Å². The van der Waals surface area contributed by atoms with E-state index < -0.39 is 11.9 Å². The fraction of sp³-hybridized carbons (Fsp3) is 0.550. The summed E-state index contributed by atoms with van der Waals surface area (Å²) >= 11 is 0. The third-order valence-electron chi connectivity index (χ3n) is 5.11. The number of hydrogen-bond acceptors (Lipinski definition) is 3. The highest BCUT2D eigenvalue weighted by Gasteiger charge is 2.40. The SMILES string of the molecule is CCN(CC)C(=O)CCCC(=O)N1CC(C(=O)O)C(c2ccccc2)C1. The fourth-order valence-electron chi connectivity index (χ4n) is 3.58. The summed E-state index contributed by atoms with van der Waals surface area (Å²) in [5.74, 6) is -1.64. The van der Waals surface area contributed by atoms with Crippen LogP contribution in [0, 0.1) is 5.92 Å². The number of carbonyl (C=O) groups excluding carboxylic acids is 2. The number of rotatable bonds is 8. The molecule has 6 heteroatoms. The van der Waals surface area contributed by atoms with Crippen LogP contribution in [0.15, 0.2) is 30.3 Å². The van der Waals surface area contributed by atoms with Crippen molar-refractivity contribution in [3.8, 4) is 0 Å². The average molecular weight is 360 g/mol. The molecule has 1 fully saturated rings. The Morgan fingerprint density at radius 1 is 1.08 bits per heavy atom. The topological polar surface area (TPSA) is 77.9 Å². The Labute approximate surface area is 154 Å². The number of aliphatic carboxylic acids is 1. The van der Waals surface area contributed by atoms with Crippen molar-refractivity contribution in [3.63, 3.8) is 0 Å². The van der Waals surface area contributed by atoms with Gasteiger partial charge in [-0.05, 0) is 25.8 Å². The second-order valence-electron chi connectivity index (χ2n) is 6.68. The smallest absolute Gasteiger partial charge is 0.308 e. The van der Waals surface area contributed by atoms with E-state index in [9.17, 15) is 19.5 Å². The summed E-state index contributed by atoms with van der Waals surface area (Å²) in [5, 5.41) is 9.52. The van der Waals surface area contributed by atoms with Gasteiger partial charge < -0.3 is 14.9 Å². The summed E-state index contributed by atoms with van der Waals surface area (Å²) in [7, 11) is 0. The molecule has 6 nitrogen and oxygen atoms in total. The molecule has 2 unspecified atom stereocenters. The van der Waals surface area contributed by atoms with Gasteiger partial charge >= 0.3 is 5.97 Å². The maximum Gasteiger partial charge on any atom is 0.308 e. The molecule has 0 spiro atoms. The predicted octanol–water partition coefficient (Wildman–Crippen LogP) is 2.35. The monoisotopic (exact) mass is 360 g/mol. The lowest BCUT2D eigenvalue weighted by Gasteiger charge is -2.19. The van der Waals surface area contributed by atoms with E-state index in [1.807, 2.05) is 44.2 Å². The van der Waals surface area contributed by atoms with Crippen LogP contribution in [0.5, 0.6) is 0 Å². The van der Waals surface area contributed by atoms with Crippen LogP contribution in [0.1, 0.15) is 44.6 Å². The molecule has 1 aromatic carbocycles. The number of carbonyl (C=O) groups is 3. The molecule has 26 heavy (non-hydrogen) atoms. The van der Waals surface area contributed by atoms with E-state index in [4.69, 9.17) is 0 Å². The average Bonchev–Trinajstić information content (AvgIpc) is 3.09. The van der Waals surface area contributed by atoms with Crippen molar-refractivity contribution in [3.05, 3.63) is 35.9 Å². The van der Waals surface area contributed by atoms with Crippen LogP contribution in [0.3, 0.4) is 0 Å². The van der Waals surface area contributed by atoms with Crippen LogP contribution in [0.25, 0.3) is 0 Å². The third-order valence-corrected chi connectivity index (χ3v) is 5.11. The van der Waals surface area contributed by atoms with Gasteiger partial charge in [0.15, 0.2) is 0 Å². The van der Waals surface area contributed by atoms with Gasteiger partial charge in [-0.2, -0.15) is 0 Å². The molecule has 1 heterocycles. The van der Waals surface area contributed by atoms with Crippen molar-refractivity contribution >= 4 is 17.8 Å². The molecule has 1 N–H and O–H groups in total. The number of carboxylic acids is 1. The number of likely N-dealkylation sites (tertiary alicyclic amines) is 1. The van der Waals surface area contributed by atoms with Crippen LogP contribution in [-0.4, -0.2) is 58.9 Å². The molecule has 0 aromatic heterocycles. The van der Waals surface area contributed by atoms with Gasteiger partial charge in [-0.1, -0.05) is 30.3 Å². The van der Waals surface area contributed by atoms with Gasteiger partial charge in [-0.3, -0.25) is 14.4 Å². The number of benzene rings is 1. The van der Waals surface area contributed by atoms with E-state index in [1.165, 1.54) is 0 Å². The van der Waals surface area contributed by atoms with Gasteiger partial charge in [0, 0.05) is 44.9 Å². The zero-order valence-electron chi connectivity index (χ0n) is 15.6. The van der Waals surface area contributed by atoms with Crippen molar-refractivity contribution in [1.29, 1.82) is 0 Å². The minimum absolute atomic E-state index is 0.0646. The van der Waals surface area contributed by atoms with Gasteiger partial charge in [0.05, 0.1) is 5.92 Å². The Balaban J connectivity index is 1.91. The molecule has 1 aliphatic rings. The summed E-state index contributed by atoms with van der Waals surface area (Å²) in [6.07, 6.45) is 1.13. The number of nitrogens with zero attached hydrogens (tertiary/aromatic N) is 2. The summed E-state index contributed by atoms with van der Waals surface area (Å²) < 4.78 is 0. The quantitative estimate of drug-likeness (QED) is 0.772. The van der Waals surface area contributed by atoms with Gasteiger partial charge in [-0.25, -0.2) is 0 Å². The Kier molecular flexibility index (Phi) is 7.18. The van der Waals surface area contributed by atoms with Crippen molar-refractivity contribution in [2.45, 2.75) is 39.0 Å². The first-order valence-electron chi connectivity index (χ1n) is 9.31. The summed E-state index contributed by atoms with van der Waals surface area (Å²) in [6.45, 7) is 5.88. The second-order valence-corrected chi connectivity index (χ2v) is 6.68. The van der Waals surface area contributed by atoms with Crippen LogP contribution < -0.4 is 0 Å². The van der Waals surface area contributed by atoms with E-state index in [-0.39, 0.29) is 30.7 Å². The van der Waals surface area contributed by atoms with Gasteiger partial charge in [0.25, 0.3) is 0 Å². The van der Waals surface area contributed by atoms with E-state index >= 15 is 0 Å². The minimum atomic E-state index is -0.870. The molecule has 0 radical (unpaired) electrons. The zero-order valence-corrected chi connectivity index (χ0v) is 15.6. The lowest BCUT2D eigenvalue weighted by atomic mass is 9.89. The van der Waals surface area contributed by atoms with Gasteiger partial charge in [-0.15, -0.1) is 0 Å². The third kappa shape index (κ3) is 4.84. The minimum Gasteiger partial charge on any atom is -0.481 e. The standard InChI is InChI=1S/C20H28N2O4/c1-3-21(4-2)18(23)11-8-12-19(24)22-13-16(17(14-22)20(25)26)15-9-6-5-7-10-15/h5-7,9-10,16-17H,3-4,8,11-14H2,1-2H3,(H,25,26). The Morgan fingerprint density at radius 3 is 2.31 bits per heavy atom. The van der Waals surface area contributed by atoms with Gasteiger partial charge in [0.1, 0.15) is 0 Å². The Bertz CT molecular complexity index is 628. The van der Waals surface area contributed by atoms with Crippen molar-refractivity contribution < 1.29 is 19.5 Å². The summed E-state index contributed by atoms with van der Waals surface area (Å²) in [6, 6.07) is 9.49. The van der Waals surface area contributed by atoms with Crippen molar-refractivity contribution in [1.82, 2.24) is 9.80 Å². The van der Waals surface area contributed by atoms with Crippen molar-refractivity contribution in [2.24, 2.45) is 5.92 Å². The molecule has 2 atom stereocenters. The summed E-state index contributed by atoms with van der Waals surface area (Å²) in [5.41, 5.74) is 0.951. The summed E-state index contributed by atoms with van der Waals surface area (Å²) in [4.78, 5) is 39.5. The molecule has 0 saturated carbocycles. The molecule has 1 saturated heterocycles. The Morgan fingerprint density at radius 2 is 1.73 bits per heavy atom. The first-order valence-corrected chi connectivity index (χ1v) is 9.31. The maximum atomic E-state index is 12.5. The first kappa shape index (κ1) is 19.9. The zero-order chi connectivity index (χ0) is 19.1. The number of hydrogen-bond donors (Lipinski definition) is 1. The predicted molar refractivity (Wildman–Crippen MR) is 98.7 cm³/mol. The van der Waals surface area contributed by atoms with Crippen LogP contribution >= 0.6 is 0 Å².